The molecule has 0 saturated heterocycles. The fourth-order valence-corrected chi connectivity index (χ4v) is 3.67. The molecule has 0 saturated carbocycles. The van der Waals surface area contributed by atoms with Gasteiger partial charge in [-0.1, -0.05) is 30.3 Å². The summed E-state index contributed by atoms with van der Waals surface area (Å²) in [5.74, 6) is -0.479. The third-order valence-electron chi connectivity index (χ3n) is 4.21. The fraction of sp³-hybridized carbons (Fsp3) is 0.0455. The van der Waals surface area contributed by atoms with Gasteiger partial charge in [0.15, 0.2) is 0 Å². The van der Waals surface area contributed by atoms with E-state index in [0.29, 0.717) is 11.4 Å². The average molecular weight is 386 g/mol. The maximum absolute atomic E-state index is 11.1. The van der Waals surface area contributed by atoms with Gasteiger partial charge in [0.05, 0.1) is 17.8 Å². The number of carboxylic acids is 1. The van der Waals surface area contributed by atoms with E-state index in [-0.39, 0.29) is 11.5 Å². The van der Waals surface area contributed by atoms with Crippen molar-refractivity contribution in [2.45, 2.75) is 6.61 Å². The Labute approximate surface area is 165 Å². The van der Waals surface area contributed by atoms with Crippen LogP contribution in [-0.4, -0.2) is 16.1 Å². The molecule has 0 unspecified atom stereocenters. The van der Waals surface area contributed by atoms with Crippen LogP contribution < -0.4 is 4.74 Å². The molecule has 2 aromatic heterocycles. The highest BCUT2D eigenvalue weighted by Gasteiger charge is 2.12. The number of benzene rings is 2. The summed E-state index contributed by atoms with van der Waals surface area (Å²) in [5, 5.41) is 10.1. The number of hydrogen-bond acceptors (Lipinski definition) is 4. The van der Waals surface area contributed by atoms with E-state index < -0.39 is 5.97 Å². The van der Waals surface area contributed by atoms with Gasteiger partial charge in [-0.05, 0) is 42.0 Å². The third-order valence-corrected chi connectivity index (χ3v) is 5.33. The zero-order chi connectivity index (χ0) is 19.5. The van der Waals surface area contributed by atoms with Crippen molar-refractivity contribution in [2.75, 3.05) is 0 Å². The first-order chi connectivity index (χ1) is 13.6. The molecule has 1 N–H and O–H groups in total. The molecular weight excluding hydrogens is 372 g/mol. The number of pyridine rings is 1. The number of rotatable bonds is 5. The summed E-state index contributed by atoms with van der Waals surface area (Å²) in [6, 6.07) is 20.4. The SMILES string of the molecule is [C-]#[N+]c1cc(-c2ccc(C(=O)O)s2)ccc1OCc1ccc2ccccc2n1. The molecule has 4 rings (SSSR count). The highest BCUT2D eigenvalue weighted by Crippen LogP contribution is 2.36. The van der Waals surface area contributed by atoms with E-state index in [1.54, 1.807) is 24.3 Å². The van der Waals surface area contributed by atoms with Crippen LogP contribution in [0.1, 0.15) is 15.4 Å². The normalized spacial score (nSPS) is 10.5. The number of carbonyl (C=O) groups is 1. The van der Waals surface area contributed by atoms with Crippen LogP contribution in [0, 0.1) is 6.57 Å². The standard InChI is InChI=1S/C22H14N2O3S/c1-23-18-12-15(20-10-11-21(28-20)22(25)26)7-9-19(18)27-13-16-8-6-14-4-2-3-5-17(14)24-16/h2-12H,13H2,(H,25,26). The number of carboxylic acid groups (broad SMARTS) is 1. The van der Waals surface area contributed by atoms with Crippen molar-refractivity contribution in [1.29, 1.82) is 0 Å². The van der Waals surface area contributed by atoms with Crippen molar-refractivity contribution in [3.8, 4) is 16.2 Å². The van der Waals surface area contributed by atoms with Crippen LogP contribution in [0.3, 0.4) is 0 Å². The third kappa shape index (κ3) is 3.56. The predicted molar refractivity (Wildman–Crippen MR) is 109 cm³/mol. The van der Waals surface area contributed by atoms with Crippen LogP contribution in [0.25, 0.3) is 26.2 Å². The summed E-state index contributed by atoms with van der Waals surface area (Å²) in [6.07, 6.45) is 0. The van der Waals surface area contributed by atoms with Gasteiger partial charge in [0, 0.05) is 10.3 Å². The van der Waals surface area contributed by atoms with E-state index in [9.17, 15) is 4.79 Å². The number of hydrogen-bond donors (Lipinski definition) is 1. The van der Waals surface area contributed by atoms with Crippen LogP contribution in [0.5, 0.6) is 5.75 Å². The van der Waals surface area contributed by atoms with Crippen molar-refractivity contribution in [1.82, 2.24) is 4.98 Å². The molecular formula is C22H14N2O3S. The van der Waals surface area contributed by atoms with E-state index in [1.807, 2.05) is 42.5 Å². The summed E-state index contributed by atoms with van der Waals surface area (Å²) < 4.78 is 5.83. The number of aromatic nitrogens is 1. The van der Waals surface area contributed by atoms with Gasteiger partial charge in [-0.3, -0.25) is 0 Å². The van der Waals surface area contributed by atoms with Crippen LogP contribution in [0.15, 0.2) is 66.7 Å². The summed E-state index contributed by atoms with van der Waals surface area (Å²) >= 11 is 1.18. The first-order valence-electron chi connectivity index (χ1n) is 8.46. The van der Waals surface area contributed by atoms with Crippen LogP contribution in [0.2, 0.25) is 0 Å². The van der Waals surface area contributed by atoms with E-state index in [0.717, 1.165) is 27.0 Å². The van der Waals surface area contributed by atoms with Gasteiger partial charge in [0.1, 0.15) is 17.2 Å². The molecule has 0 spiro atoms. The van der Waals surface area contributed by atoms with Crippen molar-refractivity contribution in [3.05, 3.63) is 88.7 Å². The number of ether oxygens (including phenoxy) is 1. The Kier molecular flexibility index (Phi) is 4.75. The minimum Gasteiger partial charge on any atom is -0.498 e. The highest BCUT2D eigenvalue weighted by atomic mass is 32.1. The first kappa shape index (κ1) is 17.7. The Morgan fingerprint density at radius 2 is 1.96 bits per heavy atom. The zero-order valence-electron chi connectivity index (χ0n) is 14.6. The molecule has 4 aromatic rings. The topological polar surface area (TPSA) is 63.8 Å². The van der Waals surface area contributed by atoms with Crippen LogP contribution >= 0.6 is 11.3 Å². The molecule has 6 heteroatoms. The average Bonchev–Trinajstić information content (AvgIpc) is 3.22. The van der Waals surface area contributed by atoms with Crippen molar-refractivity contribution in [2.24, 2.45) is 0 Å². The lowest BCUT2D eigenvalue weighted by molar-refractivity contribution is 0.0702. The molecule has 136 valence electrons. The maximum Gasteiger partial charge on any atom is 0.345 e. The molecule has 0 atom stereocenters. The van der Waals surface area contributed by atoms with Crippen molar-refractivity contribution >= 4 is 33.9 Å². The molecule has 2 aromatic carbocycles. The van der Waals surface area contributed by atoms with E-state index in [2.05, 4.69) is 9.83 Å². The largest absolute Gasteiger partial charge is 0.498 e. The predicted octanol–water partition coefficient (Wildman–Crippen LogP) is 5.79. The second kappa shape index (κ2) is 7.51. The monoisotopic (exact) mass is 386 g/mol. The smallest absolute Gasteiger partial charge is 0.345 e. The molecule has 0 radical (unpaired) electrons. The van der Waals surface area contributed by atoms with Gasteiger partial charge in [-0.15, -0.1) is 11.3 Å². The molecule has 0 aliphatic rings. The van der Waals surface area contributed by atoms with E-state index in [4.69, 9.17) is 16.4 Å². The van der Waals surface area contributed by atoms with Crippen LogP contribution in [0.4, 0.5) is 5.69 Å². The number of aromatic carboxylic acids is 1. The number of para-hydroxylation sites is 1. The number of fused-ring (bicyclic) bond motifs is 1. The first-order valence-corrected chi connectivity index (χ1v) is 9.28. The second-order valence-electron chi connectivity index (χ2n) is 6.05. The van der Waals surface area contributed by atoms with E-state index in [1.165, 1.54) is 11.3 Å². The fourth-order valence-electron chi connectivity index (χ4n) is 2.83. The van der Waals surface area contributed by atoms with Crippen LogP contribution in [-0.2, 0) is 6.61 Å². The van der Waals surface area contributed by atoms with Gasteiger partial charge in [0.25, 0.3) is 0 Å². The zero-order valence-corrected chi connectivity index (χ0v) is 15.4. The summed E-state index contributed by atoms with van der Waals surface area (Å²) in [7, 11) is 0. The Morgan fingerprint density at radius 3 is 2.75 bits per heavy atom. The molecule has 0 fully saturated rings. The lowest BCUT2D eigenvalue weighted by atomic mass is 10.1. The Balaban J connectivity index is 1.55. The van der Waals surface area contributed by atoms with Crippen molar-refractivity contribution in [3.63, 3.8) is 0 Å². The number of thiophene rings is 1. The Morgan fingerprint density at radius 1 is 1.11 bits per heavy atom. The molecule has 0 aliphatic carbocycles. The lowest BCUT2D eigenvalue weighted by Crippen LogP contribution is -1.98. The van der Waals surface area contributed by atoms with Crippen molar-refractivity contribution < 1.29 is 14.6 Å². The van der Waals surface area contributed by atoms with Gasteiger partial charge >= 0.3 is 5.97 Å². The molecule has 0 bridgehead atoms. The minimum absolute atomic E-state index is 0.259. The summed E-state index contributed by atoms with van der Waals surface area (Å²) in [4.78, 5) is 20.3. The molecule has 28 heavy (non-hydrogen) atoms. The van der Waals surface area contributed by atoms with Gasteiger partial charge in [-0.25, -0.2) is 14.6 Å². The molecule has 0 aliphatic heterocycles. The summed E-state index contributed by atoms with van der Waals surface area (Å²) in [5.41, 5.74) is 2.85. The maximum atomic E-state index is 11.1. The molecule has 0 amide bonds. The lowest BCUT2D eigenvalue weighted by Gasteiger charge is -2.09. The van der Waals surface area contributed by atoms with E-state index >= 15 is 0 Å². The minimum atomic E-state index is -0.954. The van der Waals surface area contributed by atoms with Gasteiger partial charge < -0.3 is 9.84 Å². The second-order valence-corrected chi connectivity index (χ2v) is 7.13. The Bertz CT molecular complexity index is 1220. The number of nitrogens with zero attached hydrogens (tertiary/aromatic N) is 2. The van der Waals surface area contributed by atoms with Gasteiger partial charge in [0.2, 0.25) is 5.69 Å². The molecule has 5 nitrogen and oxygen atoms in total. The highest BCUT2D eigenvalue weighted by molar-refractivity contribution is 7.17. The molecule has 2 heterocycles. The van der Waals surface area contributed by atoms with Gasteiger partial charge in [-0.2, -0.15) is 0 Å². The summed E-state index contributed by atoms with van der Waals surface area (Å²) in [6.45, 7) is 7.71. The Hall–Kier alpha value is -3.69. The quantitative estimate of drug-likeness (QED) is 0.441.